The van der Waals surface area contributed by atoms with Gasteiger partial charge in [-0.3, -0.25) is 9.59 Å². The number of thiophene rings is 2. The molecule has 0 unspecified atom stereocenters. The second kappa shape index (κ2) is 9.09. The number of likely N-dealkylation sites (tertiary alicyclic amines) is 1. The summed E-state index contributed by atoms with van der Waals surface area (Å²) in [7, 11) is 0. The normalized spacial score (nSPS) is 15.0. The fourth-order valence-electron chi connectivity index (χ4n) is 3.71. The Morgan fingerprint density at radius 2 is 2.23 bits per heavy atom. The van der Waals surface area contributed by atoms with Crippen LogP contribution in [-0.2, 0) is 4.79 Å². The maximum Gasteiger partial charge on any atom is 0.262 e. The number of hydrogen-bond acceptors (Lipinski definition) is 7. The van der Waals surface area contributed by atoms with Gasteiger partial charge in [0.2, 0.25) is 5.91 Å². The molecule has 0 bridgehead atoms. The van der Waals surface area contributed by atoms with Gasteiger partial charge in [0.25, 0.3) is 5.91 Å². The van der Waals surface area contributed by atoms with Gasteiger partial charge in [-0.25, -0.2) is 9.97 Å². The van der Waals surface area contributed by atoms with E-state index in [0.717, 1.165) is 52.4 Å². The van der Waals surface area contributed by atoms with Crippen LogP contribution in [0.4, 0.5) is 5.82 Å². The van der Waals surface area contributed by atoms with Crippen molar-refractivity contribution in [3.63, 3.8) is 0 Å². The lowest BCUT2D eigenvalue weighted by atomic mass is 10.2. The first kappa shape index (κ1) is 20.7. The predicted molar refractivity (Wildman–Crippen MR) is 121 cm³/mol. The molecular weight excluding hydrogens is 418 g/mol. The second-order valence-electron chi connectivity index (χ2n) is 7.43. The van der Waals surface area contributed by atoms with Gasteiger partial charge in [0, 0.05) is 30.9 Å². The SMILES string of the molecule is Cc1c(C(=O)N[C@H](C)c2cccs2)sc2ncnc(NCCCN3CCCC3=O)c12. The van der Waals surface area contributed by atoms with E-state index in [4.69, 9.17) is 0 Å². The third kappa shape index (κ3) is 4.32. The van der Waals surface area contributed by atoms with Crippen molar-refractivity contribution in [2.24, 2.45) is 0 Å². The van der Waals surface area contributed by atoms with Crippen molar-refractivity contribution in [2.75, 3.05) is 25.0 Å². The summed E-state index contributed by atoms with van der Waals surface area (Å²) in [4.78, 5) is 37.9. The lowest BCUT2D eigenvalue weighted by Crippen LogP contribution is -2.27. The zero-order valence-corrected chi connectivity index (χ0v) is 18.7. The van der Waals surface area contributed by atoms with E-state index < -0.39 is 0 Å². The molecule has 2 amide bonds. The lowest BCUT2D eigenvalue weighted by Gasteiger charge is -2.15. The highest BCUT2D eigenvalue weighted by Crippen LogP contribution is 2.33. The average molecular weight is 444 g/mol. The molecule has 3 aromatic heterocycles. The van der Waals surface area contributed by atoms with Gasteiger partial charge >= 0.3 is 0 Å². The number of anilines is 1. The highest BCUT2D eigenvalue weighted by atomic mass is 32.1. The van der Waals surface area contributed by atoms with Crippen molar-refractivity contribution in [3.8, 4) is 0 Å². The zero-order valence-electron chi connectivity index (χ0n) is 17.1. The number of aryl methyl sites for hydroxylation is 1. The largest absolute Gasteiger partial charge is 0.369 e. The van der Waals surface area contributed by atoms with Crippen molar-refractivity contribution in [1.82, 2.24) is 20.2 Å². The molecule has 9 heteroatoms. The van der Waals surface area contributed by atoms with Crippen LogP contribution in [0, 0.1) is 6.92 Å². The number of carbonyl (C=O) groups is 2. The summed E-state index contributed by atoms with van der Waals surface area (Å²) in [5, 5.41) is 9.36. The molecule has 2 N–H and O–H groups in total. The third-order valence-electron chi connectivity index (χ3n) is 5.32. The number of carbonyl (C=O) groups excluding carboxylic acids is 2. The van der Waals surface area contributed by atoms with Crippen molar-refractivity contribution in [3.05, 3.63) is 39.2 Å². The fourth-order valence-corrected chi connectivity index (χ4v) is 5.50. The number of nitrogens with zero attached hydrogens (tertiary/aromatic N) is 3. The molecule has 0 aromatic carbocycles. The highest BCUT2D eigenvalue weighted by molar-refractivity contribution is 7.20. The lowest BCUT2D eigenvalue weighted by molar-refractivity contribution is -0.127. The molecule has 1 fully saturated rings. The maximum absolute atomic E-state index is 12.9. The van der Waals surface area contributed by atoms with Crippen LogP contribution in [0.15, 0.2) is 23.8 Å². The molecule has 0 saturated carbocycles. The Balaban J connectivity index is 1.44. The highest BCUT2D eigenvalue weighted by Gasteiger charge is 2.22. The Kier molecular flexibility index (Phi) is 6.29. The molecular formula is C21H25N5O2S2. The predicted octanol–water partition coefficient (Wildman–Crippen LogP) is 3.98. The van der Waals surface area contributed by atoms with E-state index >= 15 is 0 Å². The van der Waals surface area contributed by atoms with E-state index in [1.165, 1.54) is 17.7 Å². The van der Waals surface area contributed by atoms with Crippen LogP contribution in [0.25, 0.3) is 10.2 Å². The van der Waals surface area contributed by atoms with Crippen LogP contribution < -0.4 is 10.6 Å². The molecule has 30 heavy (non-hydrogen) atoms. The molecule has 1 saturated heterocycles. The number of nitrogens with one attached hydrogen (secondary N) is 2. The van der Waals surface area contributed by atoms with Crippen LogP contribution in [0.1, 0.15) is 52.3 Å². The van der Waals surface area contributed by atoms with Gasteiger partial charge in [-0.1, -0.05) is 6.07 Å². The number of amides is 2. The Labute approximate surface area is 183 Å². The van der Waals surface area contributed by atoms with Gasteiger partial charge < -0.3 is 15.5 Å². The van der Waals surface area contributed by atoms with Crippen LogP contribution >= 0.6 is 22.7 Å². The number of rotatable bonds is 8. The van der Waals surface area contributed by atoms with Crippen LogP contribution in [0.2, 0.25) is 0 Å². The molecule has 0 radical (unpaired) electrons. The minimum Gasteiger partial charge on any atom is -0.369 e. The fraction of sp³-hybridized carbons (Fsp3) is 0.429. The Bertz CT molecular complexity index is 1050. The summed E-state index contributed by atoms with van der Waals surface area (Å²) in [5.74, 6) is 0.905. The van der Waals surface area contributed by atoms with Crippen molar-refractivity contribution in [2.45, 2.75) is 39.2 Å². The minimum atomic E-state index is -0.0881. The molecule has 3 aromatic rings. The Morgan fingerprint density at radius 1 is 1.37 bits per heavy atom. The molecule has 1 aliphatic rings. The maximum atomic E-state index is 12.9. The molecule has 158 valence electrons. The smallest absolute Gasteiger partial charge is 0.262 e. The molecule has 7 nitrogen and oxygen atoms in total. The first-order valence-electron chi connectivity index (χ1n) is 10.1. The van der Waals surface area contributed by atoms with E-state index in [-0.39, 0.29) is 17.9 Å². The third-order valence-corrected chi connectivity index (χ3v) is 7.57. The zero-order chi connectivity index (χ0) is 21.1. The standard InChI is InChI=1S/C21H25N5O2S2/c1-13-17-19(22-8-5-10-26-9-3-7-16(26)27)23-12-24-21(17)30-18(13)20(28)25-14(2)15-6-4-11-29-15/h4,6,11-12,14H,3,5,7-10H2,1-2H3,(H,25,28)(H,22,23,24)/t14-/m1/s1. The molecule has 0 spiro atoms. The van der Waals surface area contributed by atoms with Crippen LogP contribution in [0.5, 0.6) is 0 Å². The van der Waals surface area contributed by atoms with Crippen molar-refractivity contribution >= 4 is 50.5 Å². The average Bonchev–Trinajstić information content (AvgIpc) is 3.47. The van der Waals surface area contributed by atoms with E-state index in [1.54, 1.807) is 11.3 Å². The van der Waals surface area contributed by atoms with E-state index in [9.17, 15) is 9.59 Å². The second-order valence-corrected chi connectivity index (χ2v) is 9.41. The Hall–Kier alpha value is -2.52. The number of fused-ring (bicyclic) bond motifs is 1. The van der Waals surface area contributed by atoms with Gasteiger partial charge in [0.15, 0.2) is 0 Å². The molecule has 4 rings (SSSR count). The van der Waals surface area contributed by atoms with Gasteiger partial charge in [0.05, 0.1) is 16.3 Å². The summed E-state index contributed by atoms with van der Waals surface area (Å²) >= 11 is 3.02. The van der Waals surface area contributed by atoms with Crippen molar-refractivity contribution < 1.29 is 9.59 Å². The topological polar surface area (TPSA) is 87.2 Å². The van der Waals surface area contributed by atoms with Gasteiger partial charge in [-0.2, -0.15) is 0 Å². The summed E-state index contributed by atoms with van der Waals surface area (Å²) < 4.78 is 0. The van der Waals surface area contributed by atoms with E-state index in [2.05, 4.69) is 20.6 Å². The number of aromatic nitrogens is 2. The number of hydrogen-bond donors (Lipinski definition) is 2. The summed E-state index contributed by atoms with van der Waals surface area (Å²) in [6.07, 6.45) is 4.01. The van der Waals surface area contributed by atoms with Gasteiger partial charge in [-0.15, -0.1) is 22.7 Å². The monoisotopic (exact) mass is 443 g/mol. The van der Waals surface area contributed by atoms with E-state index in [1.807, 2.05) is 36.3 Å². The Morgan fingerprint density at radius 3 is 2.97 bits per heavy atom. The first-order chi connectivity index (χ1) is 14.5. The molecule has 0 aliphatic carbocycles. The quantitative estimate of drug-likeness (QED) is 0.514. The molecule has 1 atom stereocenters. The summed E-state index contributed by atoms with van der Waals surface area (Å²) in [6.45, 7) is 6.27. The van der Waals surface area contributed by atoms with Crippen molar-refractivity contribution in [1.29, 1.82) is 0 Å². The molecule has 4 heterocycles. The minimum absolute atomic E-state index is 0.0425. The van der Waals surface area contributed by atoms with E-state index in [0.29, 0.717) is 17.8 Å². The van der Waals surface area contributed by atoms with Crippen LogP contribution in [0.3, 0.4) is 0 Å². The summed E-state index contributed by atoms with van der Waals surface area (Å²) in [6, 6.07) is 3.97. The molecule has 1 aliphatic heterocycles. The van der Waals surface area contributed by atoms with Gasteiger partial charge in [-0.05, 0) is 43.7 Å². The summed E-state index contributed by atoms with van der Waals surface area (Å²) in [5.41, 5.74) is 0.892. The first-order valence-corrected chi connectivity index (χ1v) is 11.8. The van der Waals surface area contributed by atoms with Crippen LogP contribution in [-0.4, -0.2) is 46.3 Å². The van der Waals surface area contributed by atoms with Gasteiger partial charge in [0.1, 0.15) is 17.0 Å².